The van der Waals surface area contributed by atoms with Gasteiger partial charge in [-0.05, 0) is 18.1 Å². The summed E-state index contributed by atoms with van der Waals surface area (Å²) in [5.74, 6) is -0.703. The van der Waals surface area contributed by atoms with E-state index in [1.165, 1.54) is 12.1 Å². The van der Waals surface area contributed by atoms with Crippen LogP contribution in [-0.4, -0.2) is 20.1 Å². The maximum Gasteiger partial charge on any atom is 0.250 e. The summed E-state index contributed by atoms with van der Waals surface area (Å²) in [5.41, 5.74) is 5.20. The number of carbonyl (C=O) groups excluding carboxylic acids is 1. The van der Waals surface area contributed by atoms with Crippen LogP contribution in [0.2, 0.25) is 0 Å². The Labute approximate surface area is 95.4 Å². The quantitative estimate of drug-likeness (QED) is 0.860. The molecular weight excluding hydrogens is 226 g/mol. The summed E-state index contributed by atoms with van der Waals surface area (Å²) in [4.78, 5) is 11.1. The number of rotatable bonds is 4. The van der Waals surface area contributed by atoms with Crippen molar-refractivity contribution in [2.24, 2.45) is 11.7 Å². The van der Waals surface area contributed by atoms with Gasteiger partial charge in [0.15, 0.2) is 9.84 Å². The minimum absolute atomic E-state index is 0.00549. The zero-order valence-electron chi connectivity index (χ0n) is 9.30. The van der Waals surface area contributed by atoms with Crippen molar-refractivity contribution in [1.29, 1.82) is 0 Å². The van der Waals surface area contributed by atoms with Crippen molar-refractivity contribution < 1.29 is 13.2 Å². The Bertz CT molecular complexity index is 492. The number of carbonyl (C=O) groups is 1. The van der Waals surface area contributed by atoms with Crippen molar-refractivity contribution >= 4 is 15.7 Å². The van der Waals surface area contributed by atoms with E-state index in [2.05, 4.69) is 0 Å². The van der Waals surface area contributed by atoms with Gasteiger partial charge in [0, 0.05) is 0 Å². The van der Waals surface area contributed by atoms with E-state index >= 15 is 0 Å². The molecule has 16 heavy (non-hydrogen) atoms. The first-order chi connectivity index (χ1) is 7.34. The lowest BCUT2D eigenvalue weighted by Gasteiger charge is -2.09. The highest BCUT2D eigenvalue weighted by Gasteiger charge is 2.21. The van der Waals surface area contributed by atoms with E-state index in [9.17, 15) is 13.2 Å². The fourth-order valence-electron chi connectivity index (χ4n) is 1.47. The molecule has 1 aromatic rings. The number of sulfone groups is 1. The summed E-state index contributed by atoms with van der Waals surface area (Å²) >= 11 is 0. The van der Waals surface area contributed by atoms with Gasteiger partial charge in [-0.1, -0.05) is 26.0 Å². The maximum atomic E-state index is 12.0. The van der Waals surface area contributed by atoms with Gasteiger partial charge < -0.3 is 5.73 Å². The summed E-state index contributed by atoms with van der Waals surface area (Å²) < 4.78 is 23.9. The zero-order valence-corrected chi connectivity index (χ0v) is 10.1. The van der Waals surface area contributed by atoms with Gasteiger partial charge in [0.25, 0.3) is 0 Å². The predicted octanol–water partition coefficient (Wildman–Crippen LogP) is 1.22. The normalized spacial score (nSPS) is 11.7. The minimum atomic E-state index is -3.44. The van der Waals surface area contributed by atoms with E-state index < -0.39 is 15.7 Å². The second-order valence-corrected chi connectivity index (χ2v) is 6.04. The van der Waals surface area contributed by atoms with E-state index in [4.69, 9.17) is 5.73 Å². The monoisotopic (exact) mass is 241 g/mol. The lowest BCUT2D eigenvalue weighted by molar-refractivity contribution is 0.0997. The third-order valence-corrected chi connectivity index (χ3v) is 4.17. The van der Waals surface area contributed by atoms with Crippen LogP contribution < -0.4 is 5.73 Å². The molecule has 0 saturated heterocycles. The molecule has 0 spiro atoms. The smallest absolute Gasteiger partial charge is 0.250 e. The molecule has 0 atom stereocenters. The lowest BCUT2D eigenvalue weighted by Crippen LogP contribution is -2.19. The average molecular weight is 241 g/mol. The molecule has 5 heteroatoms. The van der Waals surface area contributed by atoms with Gasteiger partial charge in [-0.15, -0.1) is 0 Å². The first-order valence-electron chi connectivity index (χ1n) is 4.96. The highest BCUT2D eigenvalue weighted by molar-refractivity contribution is 7.91. The molecule has 2 N–H and O–H groups in total. The minimum Gasteiger partial charge on any atom is -0.366 e. The van der Waals surface area contributed by atoms with Gasteiger partial charge in [-0.3, -0.25) is 4.79 Å². The molecule has 0 fully saturated rings. The van der Waals surface area contributed by atoms with Crippen molar-refractivity contribution in [3.63, 3.8) is 0 Å². The standard InChI is InChI=1S/C11H15NO3S/c1-8(2)7-16(14,15)10-6-4-3-5-9(10)11(12)13/h3-6,8H,7H2,1-2H3,(H2,12,13). The van der Waals surface area contributed by atoms with E-state index in [0.717, 1.165) is 0 Å². The lowest BCUT2D eigenvalue weighted by atomic mass is 10.2. The molecule has 0 saturated carbocycles. The van der Waals surface area contributed by atoms with Crippen molar-refractivity contribution in [2.75, 3.05) is 5.75 Å². The number of hydrogen-bond donors (Lipinski definition) is 1. The van der Waals surface area contributed by atoms with Gasteiger partial charge in [-0.2, -0.15) is 0 Å². The van der Waals surface area contributed by atoms with Crippen molar-refractivity contribution in [3.05, 3.63) is 29.8 Å². The van der Waals surface area contributed by atoms with Crippen LogP contribution in [-0.2, 0) is 9.84 Å². The zero-order chi connectivity index (χ0) is 12.3. The highest BCUT2D eigenvalue weighted by Crippen LogP contribution is 2.18. The summed E-state index contributed by atoms with van der Waals surface area (Å²) in [6, 6.07) is 6.02. The first-order valence-corrected chi connectivity index (χ1v) is 6.61. The molecule has 1 rings (SSSR count). The van der Waals surface area contributed by atoms with Crippen LogP contribution in [0, 0.1) is 5.92 Å². The number of primary amides is 1. The van der Waals surface area contributed by atoms with Crippen LogP contribution in [0.3, 0.4) is 0 Å². The Morgan fingerprint density at radius 1 is 1.31 bits per heavy atom. The van der Waals surface area contributed by atoms with Crippen LogP contribution >= 0.6 is 0 Å². The number of hydrogen-bond acceptors (Lipinski definition) is 3. The topological polar surface area (TPSA) is 77.2 Å². The molecule has 0 aliphatic heterocycles. The van der Waals surface area contributed by atoms with Gasteiger partial charge >= 0.3 is 0 Å². The molecule has 0 unspecified atom stereocenters. The average Bonchev–Trinajstić information content (AvgIpc) is 2.15. The van der Waals surface area contributed by atoms with Crippen LogP contribution in [0.1, 0.15) is 24.2 Å². The number of amides is 1. The predicted molar refractivity (Wildman–Crippen MR) is 61.9 cm³/mol. The maximum absolute atomic E-state index is 12.0. The van der Waals surface area contributed by atoms with Crippen molar-refractivity contribution in [1.82, 2.24) is 0 Å². The molecule has 0 aliphatic carbocycles. The molecule has 0 aromatic heterocycles. The molecule has 1 amide bonds. The molecule has 0 bridgehead atoms. The van der Waals surface area contributed by atoms with E-state index in [1.807, 2.05) is 13.8 Å². The second-order valence-electron chi connectivity index (χ2n) is 4.04. The van der Waals surface area contributed by atoms with Crippen molar-refractivity contribution in [2.45, 2.75) is 18.7 Å². The van der Waals surface area contributed by atoms with Gasteiger partial charge in [-0.25, -0.2) is 8.42 Å². The van der Waals surface area contributed by atoms with Gasteiger partial charge in [0.2, 0.25) is 5.91 Å². The Hall–Kier alpha value is -1.36. The third-order valence-electron chi connectivity index (χ3n) is 2.04. The Morgan fingerprint density at radius 2 is 1.88 bits per heavy atom. The Balaban J connectivity index is 3.28. The molecule has 4 nitrogen and oxygen atoms in total. The summed E-state index contributed by atoms with van der Waals surface area (Å²) in [7, 11) is -3.44. The summed E-state index contributed by atoms with van der Waals surface area (Å²) in [6.45, 7) is 3.62. The van der Waals surface area contributed by atoms with Crippen molar-refractivity contribution in [3.8, 4) is 0 Å². The molecule has 1 aromatic carbocycles. The molecule has 0 radical (unpaired) electrons. The van der Waals surface area contributed by atoms with E-state index in [1.54, 1.807) is 12.1 Å². The SMILES string of the molecule is CC(C)CS(=O)(=O)c1ccccc1C(N)=O. The van der Waals surface area contributed by atoms with Crippen LogP contribution in [0.5, 0.6) is 0 Å². The molecule has 0 aliphatic rings. The van der Waals surface area contributed by atoms with Crippen LogP contribution in [0.25, 0.3) is 0 Å². The second kappa shape index (κ2) is 4.65. The molecule has 0 heterocycles. The van der Waals surface area contributed by atoms with E-state index in [0.29, 0.717) is 0 Å². The van der Waals surface area contributed by atoms with Gasteiger partial charge in [0.05, 0.1) is 16.2 Å². The Kier molecular flexibility index (Phi) is 3.70. The molecule has 88 valence electrons. The number of benzene rings is 1. The fourth-order valence-corrected chi connectivity index (χ4v) is 3.32. The van der Waals surface area contributed by atoms with Gasteiger partial charge in [0.1, 0.15) is 0 Å². The van der Waals surface area contributed by atoms with Crippen LogP contribution in [0.15, 0.2) is 29.2 Å². The largest absolute Gasteiger partial charge is 0.366 e. The molecular formula is C11H15NO3S. The third kappa shape index (κ3) is 2.82. The number of nitrogens with two attached hydrogens (primary N) is 1. The van der Waals surface area contributed by atoms with Crippen LogP contribution in [0.4, 0.5) is 0 Å². The highest BCUT2D eigenvalue weighted by atomic mass is 32.2. The first kappa shape index (κ1) is 12.7. The fraction of sp³-hybridized carbons (Fsp3) is 0.364. The van der Waals surface area contributed by atoms with E-state index in [-0.39, 0.29) is 22.1 Å². The summed E-state index contributed by atoms with van der Waals surface area (Å²) in [5, 5.41) is 0. The Morgan fingerprint density at radius 3 is 2.38 bits per heavy atom. The summed E-state index contributed by atoms with van der Waals surface area (Å²) in [6.07, 6.45) is 0.